The molecule has 31 heavy (non-hydrogen) atoms. The molecule has 0 radical (unpaired) electrons. The van der Waals surface area contributed by atoms with Crippen LogP contribution in [0.15, 0.2) is 59.8 Å². The molecule has 0 saturated heterocycles. The minimum absolute atomic E-state index is 0.165. The van der Waals surface area contributed by atoms with E-state index >= 15 is 0 Å². The molecule has 2 N–H and O–H groups in total. The van der Waals surface area contributed by atoms with Gasteiger partial charge in [0.25, 0.3) is 5.91 Å². The Morgan fingerprint density at radius 3 is 2.32 bits per heavy atom. The van der Waals surface area contributed by atoms with Crippen LogP contribution in [0.3, 0.4) is 0 Å². The number of rotatable bonds is 6. The van der Waals surface area contributed by atoms with Crippen LogP contribution in [0.4, 0.5) is 5.69 Å². The average molecular weight is 438 g/mol. The Bertz CT molecular complexity index is 1130. The zero-order chi connectivity index (χ0) is 22.6. The molecule has 1 amide bonds. The molecular formula is C24H27N3O3S. The zero-order valence-electron chi connectivity index (χ0n) is 18.0. The lowest BCUT2D eigenvalue weighted by molar-refractivity contribution is 0.102. The van der Waals surface area contributed by atoms with E-state index in [9.17, 15) is 13.2 Å². The fourth-order valence-electron chi connectivity index (χ4n) is 3.76. The fourth-order valence-corrected chi connectivity index (χ4v) is 4.55. The highest BCUT2D eigenvalue weighted by Gasteiger charge is 2.26. The van der Waals surface area contributed by atoms with Gasteiger partial charge in [-0.25, -0.2) is 8.42 Å². The molecule has 0 spiro atoms. The third-order valence-corrected chi connectivity index (χ3v) is 7.44. The minimum atomic E-state index is -3.36. The van der Waals surface area contributed by atoms with Gasteiger partial charge in [0.05, 0.1) is 16.9 Å². The van der Waals surface area contributed by atoms with Crippen LogP contribution in [-0.2, 0) is 10.0 Å². The van der Waals surface area contributed by atoms with Crippen LogP contribution in [0, 0.1) is 11.3 Å². The maximum atomic E-state index is 12.4. The lowest BCUT2D eigenvalue weighted by atomic mass is 9.92. The van der Waals surface area contributed by atoms with Crippen molar-refractivity contribution in [3.63, 3.8) is 0 Å². The second-order valence-electron chi connectivity index (χ2n) is 8.06. The third kappa shape index (κ3) is 5.33. The van der Waals surface area contributed by atoms with Gasteiger partial charge in [-0.15, -0.1) is 0 Å². The van der Waals surface area contributed by atoms with E-state index in [0.29, 0.717) is 16.8 Å². The maximum absolute atomic E-state index is 12.4. The smallest absolute Gasteiger partial charge is 0.255 e. The maximum Gasteiger partial charge on any atom is 0.255 e. The summed E-state index contributed by atoms with van der Waals surface area (Å²) in [6.45, 7) is 5.16. The van der Waals surface area contributed by atoms with Gasteiger partial charge < -0.3 is 5.32 Å². The summed E-state index contributed by atoms with van der Waals surface area (Å²) in [5.41, 5.74) is 4.61. The number of carbonyl (C=O) groups is 1. The summed E-state index contributed by atoms with van der Waals surface area (Å²) in [6, 6.07) is 16.2. The SMILES string of the molecule is C/C(NS(=O)(=O)C(C)C)=C1\CCC[C@@H]1c1ccc(NC(=O)c2ccc(C#N)cc2)cc1. The molecule has 3 rings (SSSR count). The quantitative estimate of drug-likeness (QED) is 0.685. The number of benzene rings is 2. The van der Waals surface area contributed by atoms with Crippen LogP contribution in [0.1, 0.15) is 67.4 Å². The molecule has 1 aliphatic carbocycles. The number of nitriles is 1. The lowest BCUT2D eigenvalue weighted by Gasteiger charge is -2.19. The average Bonchev–Trinajstić information content (AvgIpc) is 3.24. The van der Waals surface area contributed by atoms with Crippen molar-refractivity contribution in [2.45, 2.75) is 51.2 Å². The van der Waals surface area contributed by atoms with Crippen molar-refractivity contribution in [1.29, 1.82) is 5.26 Å². The molecule has 1 saturated carbocycles. The summed E-state index contributed by atoms with van der Waals surface area (Å²) in [6.07, 6.45) is 2.85. The lowest BCUT2D eigenvalue weighted by Crippen LogP contribution is -2.30. The molecule has 0 aromatic heterocycles. The highest BCUT2D eigenvalue weighted by Crippen LogP contribution is 2.40. The largest absolute Gasteiger partial charge is 0.322 e. The third-order valence-electron chi connectivity index (χ3n) is 5.60. The second-order valence-corrected chi connectivity index (χ2v) is 10.3. The van der Waals surface area contributed by atoms with Crippen molar-refractivity contribution in [2.75, 3.05) is 5.32 Å². The molecule has 0 unspecified atom stereocenters. The summed E-state index contributed by atoms with van der Waals surface area (Å²) in [4.78, 5) is 12.4. The molecule has 1 aliphatic rings. The van der Waals surface area contributed by atoms with Gasteiger partial charge in [0.2, 0.25) is 10.0 Å². The summed E-state index contributed by atoms with van der Waals surface area (Å²) in [7, 11) is -3.36. The minimum Gasteiger partial charge on any atom is -0.322 e. The summed E-state index contributed by atoms with van der Waals surface area (Å²) >= 11 is 0. The number of allylic oxidation sites excluding steroid dienone is 2. The highest BCUT2D eigenvalue weighted by atomic mass is 32.2. The van der Waals surface area contributed by atoms with Gasteiger partial charge in [-0.3, -0.25) is 9.52 Å². The molecule has 2 aromatic rings. The number of sulfonamides is 1. The van der Waals surface area contributed by atoms with Crippen LogP contribution in [0.5, 0.6) is 0 Å². The van der Waals surface area contributed by atoms with Crippen molar-refractivity contribution >= 4 is 21.6 Å². The number of hydrogen-bond donors (Lipinski definition) is 2. The van der Waals surface area contributed by atoms with Gasteiger partial charge in [0.15, 0.2) is 0 Å². The molecule has 6 nitrogen and oxygen atoms in total. The van der Waals surface area contributed by atoms with Crippen molar-refractivity contribution in [3.8, 4) is 6.07 Å². The van der Waals surface area contributed by atoms with E-state index in [-0.39, 0.29) is 11.8 Å². The number of nitrogens with zero attached hydrogens (tertiary/aromatic N) is 1. The Balaban J connectivity index is 1.73. The first kappa shape index (κ1) is 22.6. The molecular weight excluding hydrogens is 410 g/mol. The van der Waals surface area contributed by atoms with E-state index < -0.39 is 15.3 Å². The number of carbonyl (C=O) groups excluding carboxylic acids is 1. The molecule has 1 atom stereocenters. The van der Waals surface area contributed by atoms with E-state index in [1.807, 2.05) is 37.3 Å². The normalized spacial score (nSPS) is 17.8. The first-order valence-electron chi connectivity index (χ1n) is 10.3. The predicted octanol–water partition coefficient (Wildman–Crippen LogP) is 4.68. The summed E-state index contributed by atoms with van der Waals surface area (Å²) in [5.74, 6) is -0.0734. The van der Waals surface area contributed by atoms with Crippen LogP contribution in [-0.4, -0.2) is 19.6 Å². The Morgan fingerprint density at radius 1 is 1.10 bits per heavy atom. The number of hydrogen-bond acceptors (Lipinski definition) is 4. The number of anilines is 1. The van der Waals surface area contributed by atoms with Gasteiger partial charge in [0, 0.05) is 22.9 Å². The summed E-state index contributed by atoms with van der Waals surface area (Å²) < 4.78 is 27.2. The van der Waals surface area contributed by atoms with E-state index in [2.05, 4.69) is 10.0 Å². The number of nitrogens with one attached hydrogen (secondary N) is 2. The van der Waals surface area contributed by atoms with Crippen molar-refractivity contribution in [2.24, 2.45) is 0 Å². The molecule has 7 heteroatoms. The highest BCUT2D eigenvalue weighted by molar-refractivity contribution is 7.90. The van der Waals surface area contributed by atoms with Gasteiger partial charge in [0.1, 0.15) is 0 Å². The van der Waals surface area contributed by atoms with E-state index in [4.69, 9.17) is 5.26 Å². The van der Waals surface area contributed by atoms with Crippen LogP contribution < -0.4 is 10.0 Å². The molecule has 1 fully saturated rings. The molecule has 2 aromatic carbocycles. The predicted molar refractivity (Wildman–Crippen MR) is 122 cm³/mol. The fraction of sp³-hybridized carbons (Fsp3) is 0.333. The molecule has 0 bridgehead atoms. The van der Waals surface area contributed by atoms with E-state index in [1.165, 1.54) is 0 Å². The van der Waals surface area contributed by atoms with Crippen LogP contribution in [0.2, 0.25) is 0 Å². The van der Waals surface area contributed by atoms with Gasteiger partial charge >= 0.3 is 0 Å². The molecule has 0 heterocycles. The van der Waals surface area contributed by atoms with E-state index in [0.717, 1.165) is 36.1 Å². The topological polar surface area (TPSA) is 99.1 Å². The Hall–Kier alpha value is -3.11. The van der Waals surface area contributed by atoms with E-state index in [1.54, 1.807) is 38.1 Å². The van der Waals surface area contributed by atoms with Crippen molar-refractivity contribution < 1.29 is 13.2 Å². The monoisotopic (exact) mass is 437 g/mol. The molecule has 0 aliphatic heterocycles. The standard InChI is InChI=1S/C24H27N3O3S/c1-16(2)31(29,30)27-17(3)22-5-4-6-23(22)19-11-13-21(14-12-19)26-24(28)20-9-7-18(15-25)8-10-20/h7-14,16,23,27H,4-6H2,1-3H3,(H,26,28)/b22-17-/t23-/m1/s1. The van der Waals surface area contributed by atoms with Gasteiger partial charge in [-0.05, 0) is 87.6 Å². The Morgan fingerprint density at radius 2 is 1.74 bits per heavy atom. The second kappa shape index (κ2) is 9.36. The number of amides is 1. The van der Waals surface area contributed by atoms with Crippen molar-refractivity contribution in [3.05, 3.63) is 76.5 Å². The summed E-state index contributed by atoms with van der Waals surface area (Å²) in [5, 5.41) is 11.2. The Labute approximate surface area is 184 Å². The van der Waals surface area contributed by atoms with Crippen LogP contribution >= 0.6 is 0 Å². The van der Waals surface area contributed by atoms with Crippen LogP contribution in [0.25, 0.3) is 0 Å². The van der Waals surface area contributed by atoms with Crippen molar-refractivity contribution in [1.82, 2.24) is 4.72 Å². The first-order valence-corrected chi connectivity index (χ1v) is 11.9. The van der Waals surface area contributed by atoms with Gasteiger partial charge in [-0.2, -0.15) is 5.26 Å². The molecule has 162 valence electrons. The van der Waals surface area contributed by atoms with Gasteiger partial charge in [-0.1, -0.05) is 12.1 Å². The Kier molecular flexibility index (Phi) is 6.81. The zero-order valence-corrected chi connectivity index (χ0v) is 18.8. The first-order chi connectivity index (χ1) is 14.7.